The molecule has 51 heavy (non-hydrogen) atoms. The van der Waals surface area contributed by atoms with Crippen molar-refractivity contribution in [1.82, 2.24) is 15.1 Å². The molecule has 1 heterocycles. The second-order valence-electron chi connectivity index (χ2n) is 15.6. The van der Waals surface area contributed by atoms with Gasteiger partial charge >= 0.3 is 0 Å². The quantitative estimate of drug-likeness (QED) is 0.157. The average molecular weight is 716 g/mol. The predicted molar refractivity (Wildman–Crippen MR) is 202 cm³/mol. The molecule has 0 saturated carbocycles. The highest BCUT2D eigenvalue weighted by molar-refractivity contribution is 5.90. The SMILES string of the molecule is CC[C@H](C)[C@@H]([C@@H](CC(=O)N1CCC[C@H]1[C@H](OC)[C@@H](C)C(=O)C[C@H](C)[C@@H](O)c1ccccc1)OC)N(C)C(=O)[C@H](CC(=O)[C@@H](NC)C(C)C)C(C)C. The number of amides is 2. The van der Waals surface area contributed by atoms with Gasteiger partial charge in [0.2, 0.25) is 11.8 Å². The van der Waals surface area contributed by atoms with Crippen LogP contribution in [0.1, 0.15) is 106 Å². The molecule has 1 aromatic rings. The third kappa shape index (κ3) is 11.7. The summed E-state index contributed by atoms with van der Waals surface area (Å²) < 4.78 is 12.0. The van der Waals surface area contributed by atoms with Crippen molar-refractivity contribution in [3.8, 4) is 0 Å². The number of benzene rings is 1. The van der Waals surface area contributed by atoms with Crippen LogP contribution in [-0.4, -0.2) is 103 Å². The number of methoxy groups -OCH3 is 2. The normalized spacial score (nSPS) is 20.3. The van der Waals surface area contributed by atoms with Gasteiger partial charge in [-0.2, -0.15) is 0 Å². The van der Waals surface area contributed by atoms with Gasteiger partial charge in [-0.25, -0.2) is 0 Å². The zero-order valence-corrected chi connectivity index (χ0v) is 33.6. The van der Waals surface area contributed by atoms with Crippen LogP contribution in [0, 0.1) is 35.5 Å². The summed E-state index contributed by atoms with van der Waals surface area (Å²) >= 11 is 0. The molecule has 1 aliphatic heterocycles. The highest BCUT2D eigenvalue weighted by Gasteiger charge is 2.43. The van der Waals surface area contributed by atoms with E-state index in [0.29, 0.717) is 13.0 Å². The van der Waals surface area contributed by atoms with Gasteiger partial charge in [0, 0.05) is 52.5 Å². The molecule has 1 aromatic carbocycles. The molecule has 0 aliphatic carbocycles. The standard InChI is InChI=1S/C41H69N3O7/c1-13-27(6)38(43(10)41(49)31(25(2)3)23-34(46)37(42-9)26(4)5)35(50-11)24-36(47)44-21-17-20-32(44)40(51-12)29(8)33(45)22-28(7)39(48)30-18-15-14-16-19-30/h14-16,18-19,25-29,31-32,35,37-40,42,48H,13,17,20-24H2,1-12H3/t27-,28-,29-,31+,32-,35+,37-,38-,39+,40+/m0/s1. The largest absolute Gasteiger partial charge is 0.388 e. The number of ketones is 2. The topological polar surface area (TPSA) is 125 Å². The summed E-state index contributed by atoms with van der Waals surface area (Å²) in [6, 6.07) is 8.35. The second-order valence-corrected chi connectivity index (χ2v) is 15.6. The van der Waals surface area contributed by atoms with E-state index in [1.807, 2.05) is 76.8 Å². The number of aliphatic hydroxyl groups is 1. The number of rotatable bonds is 22. The average Bonchev–Trinajstić information content (AvgIpc) is 3.59. The molecule has 2 amide bonds. The molecule has 2 rings (SSSR count). The van der Waals surface area contributed by atoms with Gasteiger partial charge in [-0.1, -0.05) is 92.1 Å². The molecule has 1 aliphatic rings. The van der Waals surface area contributed by atoms with E-state index in [4.69, 9.17) is 9.47 Å². The van der Waals surface area contributed by atoms with E-state index >= 15 is 0 Å². The van der Waals surface area contributed by atoms with Crippen LogP contribution in [0.4, 0.5) is 0 Å². The van der Waals surface area contributed by atoms with E-state index < -0.39 is 36.2 Å². The maximum absolute atomic E-state index is 14.2. The van der Waals surface area contributed by atoms with Gasteiger partial charge in [-0.3, -0.25) is 19.2 Å². The van der Waals surface area contributed by atoms with E-state index in [-0.39, 0.29) is 78.4 Å². The third-order valence-electron chi connectivity index (χ3n) is 11.4. The Bertz CT molecular complexity index is 1240. The van der Waals surface area contributed by atoms with Crippen molar-refractivity contribution in [2.75, 3.05) is 34.9 Å². The van der Waals surface area contributed by atoms with E-state index in [1.165, 1.54) is 0 Å². The van der Waals surface area contributed by atoms with Crippen molar-refractivity contribution in [3.05, 3.63) is 35.9 Å². The maximum atomic E-state index is 14.2. The fourth-order valence-electron chi connectivity index (χ4n) is 8.01. The minimum Gasteiger partial charge on any atom is -0.388 e. The van der Waals surface area contributed by atoms with Crippen LogP contribution in [0.5, 0.6) is 0 Å². The van der Waals surface area contributed by atoms with Crippen molar-refractivity contribution < 1.29 is 33.8 Å². The maximum Gasteiger partial charge on any atom is 0.226 e. The van der Waals surface area contributed by atoms with Gasteiger partial charge in [0.15, 0.2) is 5.78 Å². The van der Waals surface area contributed by atoms with Crippen LogP contribution in [0.25, 0.3) is 0 Å². The first-order valence-corrected chi connectivity index (χ1v) is 19.1. The summed E-state index contributed by atoms with van der Waals surface area (Å²) in [7, 11) is 6.72. The lowest BCUT2D eigenvalue weighted by molar-refractivity contribution is -0.149. The lowest BCUT2D eigenvalue weighted by Crippen LogP contribution is -2.54. The minimum absolute atomic E-state index is 0.0111. The molecular weight excluding hydrogens is 646 g/mol. The number of aliphatic hydroxyl groups excluding tert-OH is 1. The molecule has 10 heteroatoms. The Morgan fingerprint density at radius 3 is 2.04 bits per heavy atom. The number of nitrogens with one attached hydrogen (secondary N) is 1. The fraction of sp³-hybridized carbons (Fsp3) is 0.756. The summed E-state index contributed by atoms with van der Waals surface area (Å²) in [5.74, 6) is -1.41. The Hall–Kier alpha value is -2.66. The number of Topliss-reactive ketones (excluding diaryl/α,β-unsaturated/α-hetero) is 2. The van der Waals surface area contributed by atoms with Crippen molar-refractivity contribution in [3.63, 3.8) is 0 Å². The molecule has 0 bridgehead atoms. The monoisotopic (exact) mass is 716 g/mol. The number of ether oxygens (including phenoxy) is 2. The van der Waals surface area contributed by atoms with Gasteiger partial charge in [0.05, 0.1) is 42.9 Å². The number of likely N-dealkylation sites (N-methyl/N-ethyl adjacent to an activating group) is 2. The molecule has 0 radical (unpaired) electrons. The molecule has 10 atom stereocenters. The van der Waals surface area contributed by atoms with Crippen molar-refractivity contribution in [1.29, 1.82) is 0 Å². The zero-order valence-electron chi connectivity index (χ0n) is 33.6. The number of carbonyl (C=O) groups excluding carboxylic acids is 4. The number of likely N-dealkylation sites (tertiary alicyclic amines) is 1. The molecule has 1 saturated heterocycles. The van der Waals surface area contributed by atoms with Crippen LogP contribution >= 0.6 is 0 Å². The van der Waals surface area contributed by atoms with Crippen molar-refractivity contribution >= 4 is 23.4 Å². The first kappa shape index (κ1) is 44.5. The van der Waals surface area contributed by atoms with E-state index in [0.717, 1.165) is 18.4 Å². The van der Waals surface area contributed by atoms with Crippen LogP contribution < -0.4 is 5.32 Å². The summed E-state index contributed by atoms with van der Waals surface area (Å²) in [6.07, 6.45) is 0.834. The third-order valence-corrected chi connectivity index (χ3v) is 11.4. The first-order chi connectivity index (χ1) is 24.0. The summed E-state index contributed by atoms with van der Waals surface area (Å²) in [4.78, 5) is 58.7. The number of nitrogens with zero attached hydrogens (tertiary/aromatic N) is 2. The molecule has 10 nitrogen and oxygen atoms in total. The summed E-state index contributed by atoms with van der Waals surface area (Å²) in [5.41, 5.74) is 0.777. The smallest absolute Gasteiger partial charge is 0.226 e. The highest BCUT2D eigenvalue weighted by Crippen LogP contribution is 2.32. The molecule has 2 N–H and O–H groups in total. The first-order valence-electron chi connectivity index (χ1n) is 19.1. The Labute approximate surface area is 308 Å². The van der Waals surface area contributed by atoms with Crippen LogP contribution in [0.15, 0.2) is 30.3 Å². The molecule has 0 spiro atoms. The minimum atomic E-state index is -0.760. The Morgan fingerprint density at radius 2 is 1.53 bits per heavy atom. The zero-order chi connectivity index (χ0) is 38.6. The van der Waals surface area contributed by atoms with Gasteiger partial charge < -0.3 is 29.7 Å². The van der Waals surface area contributed by atoms with Crippen LogP contribution in [-0.2, 0) is 28.7 Å². The molecule has 290 valence electrons. The Kier molecular flexibility index (Phi) is 18.4. The predicted octanol–water partition coefficient (Wildman–Crippen LogP) is 5.71. The van der Waals surface area contributed by atoms with Crippen LogP contribution in [0.2, 0.25) is 0 Å². The highest BCUT2D eigenvalue weighted by atomic mass is 16.5. The summed E-state index contributed by atoms with van der Waals surface area (Å²) in [5, 5.41) is 14.0. The van der Waals surface area contributed by atoms with Gasteiger partial charge in [-0.15, -0.1) is 0 Å². The number of hydrogen-bond acceptors (Lipinski definition) is 8. The Morgan fingerprint density at radius 1 is 0.902 bits per heavy atom. The van der Waals surface area contributed by atoms with Crippen molar-refractivity contribution in [2.24, 2.45) is 35.5 Å². The van der Waals surface area contributed by atoms with Gasteiger partial charge in [0.25, 0.3) is 0 Å². The van der Waals surface area contributed by atoms with E-state index in [2.05, 4.69) is 19.2 Å². The molecule has 0 unspecified atom stereocenters. The van der Waals surface area contributed by atoms with E-state index in [9.17, 15) is 24.3 Å². The van der Waals surface area contributed by atoms with Crippen LogP contribution in [0.3, 0.4) is 0 Å². The number of carbonyl (C=O) groups is 4. The lowest BCUT2D eigenvalue weighted by Gasteiger charge is -2.41. The molecular formula is C41H69N3O7. The van der Waals surface area contributed by atoms with Crippen molar-refractivity contribution in [2.45, 2.75) is 130 Å². The number of hydrogen-bond donors (Lipinski definition) is 2. The molecule has 1 fully saturated rings. The Balaban J connectivity index is 2.24. The second kappa shape index (κ2) is 21.1. The summed E-state index contributed by atoms with van der Waals surface area (Å²) in [6.45, 7) is 16.3. The van der Waals surface area contributed by atoms with E-state index in [1.54, 1.807) is 33.2 Å². The lowest BCUT2D eigenvalue weighted by atomic mass is 9.84. The van der Waals surface area contributed by atoms with Gasteiger partial charge in [0.1, 0.15) is 5.78 Å². The fourth-order valence-corrected chi connectivity index (χ4v) is 8.01. The van der Waals surface area contributed by atoms with Gasteiger partial charge in [-0.05, 0) is 49.1 Å². The molecule has 0 aromatic heterocycles.